The molecule has 1 aromatic rings. The van der Waals surface area contributed by atoms with Gasteiger partial charge in [-0.15, -0.1) is 0 Å². The molecule has 0 amide bonds. The van der Waals surface area contributed by atoms with Gasteiger partial charge in [-0.3, -0.25) is 0 Å². The molecule has 1 aliphatic heterocycles. The van der Waals surface area contributed by atoms with E-state index >= 15 is 0 Å². The van der Waals surface area contributed by atoms with Crippen molar-refractivity contribution in [3.05, 3.63) is 35.9 Å². The molecule has 1 aliphatic rings. The molecule has 0 aromatic heterocycles. The van der Waals surface area contributed by atoms with Gasteiger partial charge < -0.3 is 24.1 Å². The second kappa shape index (κ2) is 7.15. The van der Waals surface area contributed by atoms with Crippen LogP contribution in [0.5, 0.6) is 0 Å². The monoisotopic (exact) mass is 282 g/mol. The zero-order valence-electron chi connectivity index (χ0n) is 12.1. The van der Waals surface area contributed by atoms with Gasteiger partial charge in [0.25, 0.3) is 0 Å². The third-order valence-electron chi connectivity index (χ3n) is 3.57. The highest BCUT2D eigenvalue weighted by Gasteiger charge is 2.45. The second-order valence-corrected chi connectivity index (χ2v) is 4.89. The summed E-state index contributed by atoms with van der Waals surface area (Å²) in [5, 5.41) is 9.86. The van der Waals surface area contributed by atoms with Crippen LogP contribution in [0.25, 0.3) is 0 Å². The first kappa shape index (κ1) is 15.4. The van der Waals surface area contributed by atoms with Gasteiger partial charge in [0.15, 0.2) is 6.29 Å². The number of methoxy groups -OCH3 is 2. The minimum absolute atomic E-state index is 0.273. The predicted octanol–water partition coefficient (Wildman–Crippen LogP) is 1.34. The van der Waals surface area contributed by atoms with Gasteiger partial charge in [0.2, 0.25) is 0 Å². The largest absolute Gasteiger partial charge is 0.376 e. The number of benzene rings is 1. The van der Waals surface area contributed by atoms with E-state index in [4.69, 9.17) is 18.9 Å². The summed E-state index contributed by atoms with van der Waals surface area (Å²) in [4.78, 5) is 0. The summed E-state index contributed by atoms with van der Waals surface area (Å²) in [6.07, 6.45) is -2.51. The average molecular weight is 282 g/mol. The second-order valence-electron chi connectivity index (χ2n) is 4.89. The van der Waals surface area contributed by atoms with Crippen molar-refractivity contribution in [2.75, 3.05) is 14.2 Å². The van der Waals surface area contributed by atoms with Crippen LogP contribution in [0, 0.1) is 0 Å². The molecule has 1 saturated heterocycles. The van der Waals surface area contributed by atoms with E-state index in [1.165, 1.54) is 7.11 Å². The first-order valence-electron chi connectivity index (χ1n) is 6.72. The topological polar surface area (TPSA) is 57.2 Å². The van der Waals surface area contributed by atoms with Crippen molar-refractivity contribution < 1.29 is 24.1 Å². The van der Waals surface area contributed by atoms with Crippen LogP contribution in [0.15, 0.2) is 30.3 Å². The lowest BCUT2D eigenvalue weighted by Crippen LogP contribution is -2.58. The van der Waals surface area contributed by atoms with Crippen LogP contribution >= 0.6 is 0 Å². The molecule has 1 aromatic carbocycles. The number of hydrogen-bond donors (Lipinski definition) is 1. The van der Waals surface area contributed by atoms with Crippen LogP contribution < -0.4 is 0 Å². The molecule has 5 heteroatoms. The van der Waals surface area contributed by atoms with Gasteiger partial charge in [0.1, 0.15) is 18.3 Å². The van der Waals surface area contributed by atoms with Gasteiger partial charge in [-0.2, -0.15) is 0 Å². The van der Waals surface area contributed by atoms with E-state index in [2.05, 4.69) is 0 Å². The van der Waals surface area contributed by atoms with Crippen LogP contribution in [0.3, 0.4) is 0 Å². The van der Waals surface area contributed by atoms with Crippen molar-refractivity contribution in [3.8, 4) is 0 Å². The summed E-state index contributed by atoms with van der Waals surface area (Å²) >= 11 is 0. The molecule has 5 atom stereocenters. The lowest BCUT2D eigenvalue weighted by atomic mass is 9.99. The van der Waals surface area contributed by atoms with Crippen molar-refractivity contribution in [2.45, 2.75) is 44.2 Å². The molecule has 20 heavy (non-hydrogen) atoms. The lowest BCUT2D eigenvalue weighted by molar-refractivity contribution is -0.296. The minimum Gasteiger partial charge on any atom is -0.376 e. The number of rotatable bonds is 5. The fourth-order valence-electron chi connectivity index (χ4n) is 2.51. The van der Waals surface area contributed by atoms with E-state index in [1.807, 2.05) is 37.3 Å². The van der Waals surface area contributed by atoms with Crippen LogP contribution in [-0.2, 0) is 25.6 Å². The molecule has 112 valence electrons. The Balaban J connectivity index is 2.03. The lowest BCUT2D eigenvalue weighted by Gasteiger charge is -2.42. The molecule has 0 spiro atoms. The molecule has 1 N–H and O–H groups in total. The number of hydrogen-bond acceptors (Lipinski definition) is 5. The molecule has 0 saturated carbocycles. The first-order valence-corrected chi connectivity index (χ1v) is 6.72. The normalized spacial score (nSPS) is 34.1. The Morgan fingerprint density at radius 1 is 1.05 bits per heavy atom. The number of aliphatic hydroxyl groups is 1. The van der Waals surface area contributed by atoms with Gasteiger partial charge in [-0.1, -0.05) is 30.3 Å². The fraction of sp³-hybridized carbons (Fsp3) is 0.600. The maximum atomic E-state index is 9.86. The molecule has 1 fully saturated rings. The Bertz CT molecular complexity index is 397. The SMILES string of the molecule is CO[C@@H]1[C@H](OCc2ccccc2)[C@H](C)O[C@@H](O)[C@H]1OC. The third-order valence-corrected chi connectivity index (χ3v) is 3.57. The predicted molar refractivity (Wildman–Crippen MR) is 73.2 cm³/mol. The van der Waals surface area contributed by atoms with Crippen molar-refractivity contribution in [2.24, 2.45) is 0 Å². The van der Waals surface area contributed by atoms with E-state index in [1.54, 1.807) is 7.11 Å². The van der Waals surface area contributed by atoms with Crippen molar-refractivity contribution in [1.29, 1.82) is 0 Å². The summed E-state index contributed by atoms with van der Waals surface area (Å²) in [5.41, 5.74) is 1.08. The molecule has 5 nitrogen and oxygen atoms in total. The average Bonchev–Trinajstić information content (AvgIpc) is 2.46. The first-order chi connectivity index (χ1) is 9.67. The molecule has 2 rings (SSSR count). The highest BCUT2D eigenvalue weighted by atomic mass is 16.7. The van der Waals surface area contributed by atoms with E-state index < -0.39 is 12.4 Å². The smallest absolute Gasteiger partial charge is 0.184 e. The van der Waals surface area contributed by atoms with E-state index in [0.29, 0.717) is 6.61 Å². The molecule has 0 radical (unpaired) electrons. The molecule has 0 bridgehead atoms. The fourth-order valence-corrected chi connectivity index (χ4v) is 2.51. The van der Waals surface area contributed by atoms with E-state index in [9.17, 15) is 5.11 Å². The van der Waals surface area contributed by atoms with Crippen molar-refractivity contribution in [3.63, 3.8) is 0 Å². The summed E-state index contributed by atoms with van der Waals surface area (Å²) in [5.74, 6) is 0. The van der Waals surface area contributed by atoms with E-state index in [-0.39, 0.29) is 18.3 Å². The molecular formula is C15H22O5. The van der Waals surface area contributed by atoms with Gasteiger partial charge in [0, 0.05) is 14.2 Å². The van der Waals surface area contributed by atoms with Crippen molar-refractivity contribution >= 4 is 0 Å². The Labute approximate surface area is 119 Å². The van der Waals surface area contributed by atoms with Crippen molar-refractivity contribution in [1.82, 2.24) is 0 Å². The summed E-state index contributed by atoms with van der Waals surface area (Å²) in [7, 11) is 3.10. The Morgan fingerprint density at radius 2 is 1.70 bits per heavy atom. The van der Waals surface area contributed by atoms with Crippen LogP contribution in [0.2, 0.25) is 0 Å². The third kappa shape index (κ3) is 3.37. The minimum atomic E-state index is -1.00. The standard InChI is InChI=1S/C15H22O5/c1-10-12(19-9-11-7-5-4-6-8-11)13(17-2)14(18-3)15(16)20-10/h4-8,10,12-16H,9H2,1-3H3/t10-,12+,13+,14-,15+/m0/s1. The highest BCUT2D eigenvalue weighted by Crippen LogP contribution is 2.26. The number of aliphatic hydroxyl groups excluding tert-OH is 1. The van der Waals surface area contributed by atoms with Gasteiger partial charge in [-0.05, 0) is 12.5 Å². The number of ether oxygens (including phenoxy) is 4. The van der Waals surface area contributed by atoms with Gasteiger partial charge in [0.05, 0.1) is 12.7 Å². The maximum Gasteiger partial charge on any atom is 0.184 e. The molecule has 0 aliphatic carbocycles. The van der Waals surface area contributed by atoms with Crippen LogP contribution in [0.4, 0.5) is 0 Å². The van der Waals surface area contributed by atoms with E-state index in [0.717, 1.165) is 5.56 Å². The molecular weight excluding hydrogens is 260 g/mol. The Hall–Kier alpha value is -0.980. The summed E-state index contributed by atoms with van der Waals surface area (Å²) < 4.78 is 22.1. The molecule has 1 heterocycles. The quantitative estimate of drug-likeness (QED) is 0.883. The maximum absolute atomic E-state index is 9.86. The van der Waals surface area contributed by atoms with Crippen LogP contribution in [0.1, 0.15) is 12.5 Å². The highest BCUT2D eigenvalue weighted by molar-refractivity contribution is 5.13. The summed E-state index contributed by atoms with van der Waals surface area (Å²) in [6, 6.07) is 9.90. The van der Waals surface area contributed by atoms with Gasteiger partial charge >= 0.3 is 0 Å². The zero-order chi connectivity index (χ0) is 14.5. The zero-order valence-corrected chi connectivity index (χ0v) is 12.1. The molecule has 0 unspecified atom stereocenters. The van der Waals surface area contributed by atoms with Crippen LogP contribution in [-0.4, -0.2) is 50.0 Å². The van der Waals surface area contributed by atoms with Gasteiger partial charge in [-0.25, -0.2) is 0 Å². The Kier molecular flexibility index (Phi) is 5.51. The summed E-state index contributed by atoms with van der Waals surface area (Å²) in [6.45, 7) is 2.32. The Morgan fingerprint density at radius 3 is 2.30 bits per heavy atom.